The Morgan fingerprint density at radius 2 is 2.09 bits per heavy atom. The number of aryl methyl sites for hydroxylation is 2. The molecule has 0 saturated heterocycles. The topological polar surface area (TPSA) is 67.2 Å². The third-order valence-electron chi connectivity index (χ3n) is 2.68. The summed E-state index contributed by atoms with van der Waals surface area (Å²) in [6.45, 7) is 3.72. The fourth-order valence-corrected chi connectivity index (χ4v) is 2.68. The lowest BCUT2D eigenvalue weighted by Gasteiger charge is -2.02. The zero-order chi connectivity index (χ0) is 16.8. The van der Waals surface area contributed by atoms with Gasteiger partial charge < -0.3 is 0 Å². The molecule has 23 heavy (non-hydrogen) atoms. The van der Waals surface area contributed by atoms with Crippen molar-refractivity contribution in [3.05, 3.63) is 52.1 Å². The predicted molar refractivity (Wildman–Crippen MR) is 89.4 cm³/mol. The van der Waals surface area contributed by atoms with Crippen LogP contribution in [0.25, 0.3) is 0 Å². The van der Waals surface area contributed by atoms with E-state index in [9.17, 15) is 9.18 Å². The summed E-state index contributed by atoms with van der Waals surface area (Å²) in [6, 6.07) is 6.16. The minimum Gasteiger partial charge on any atom is -0.272 e. The van der Waals surface area contributed by atoms with Crippen LogP contribution in [0, 0.1) is 19.7 Å². The molecule has 2 rings (SSSR count). The van der Waals surface area contributed by atoms with Crippen LogP contribution in [-0.4, -0.2) is 27.8 Å². The highest BCUT2D eigenvalue weighted by Crippen LogP contribution is 2.16. The molecule has 1 aromatic carbocycles. The van der Waals surface area contributed by atoms with E-state index >= 15 is 0 Å². The van der Waals surface area contributed by atoms with E-state index in [2.05, 4.69) is 20.5 Å². The minimum atomic E-state index is -0.506. The SMILES string of the molecule is Cc1cc(C)nc(SCC(=O)N/N=C\c2c(F)cccc2Cl)n1. The number of halogens is 2. The molecule has 8 heteroatoms. The van der Waals surface area contributed by atoms with Gasteiger partial charge in [-0.2, -0.15) is 5.10 Å². The van der Waals surface area contributed by atoms with E-state index in [0.717, 1.165) is 11.4 Å². The number of rotatable bonds is 5. The first-order chi connectivity index (χ1) is 11.0. The summed E-state index contributed by atoms with van der Waals surface area (Å²) < 4.78 is 13.5. The third-order valence-corrected chi connectivity index (χ3v) is 3.85. The number of hydrogen-bond donors (Lipinski definition) is 1. The van der Waals surface area contributed by atoms with Crippen LogP contribution < -0.4 is 5.43 Å². The molecular weight excluding hydrogens is 339 g/mol. The summed E-state index contributed by atoms with van der Waals surface area (Å²) in [7, 11) is 0. The Balaban J connectivity index is 1.89. The highest BCUT2D eigenvalue weighted by Gasteiger charge is 2.06. The predicted octanol–water partition coefficient (Wildman–Crippen LogP) is 3.13. The molecule has 0 aliphatic carbocycles. The Hall–Kier alpha value is -1.99. The fourth-order valence-electron chi connectivity index (χ4n) is 1.72. The second-order valence-corrected chi connectivity index (χ2v) is 6.00. The lowest BCUT2D eigenvalue weighted by molar-refractivity contribution is -0.118. The molecule has 1 heterocycles. The van der Waals surface area contributed by atoms with Gasteiger partial charge in [-0.3, -0.25) is 4.79 Å². The highest BCUT2D eigenvalue weighted by molar-refractivity contribution is 7.99. The lowest BCUT2D eigenvalue weighted by Crippen LogP contribution is -2.20. The smallest absolute Gasteiger partial charge is 0.250 e. The van der Waals surface area contributed by atoms with Crippen LogP contribution in [-0.2, 0) is 4.79 Å². The number of amides is 1. The Bertz CT molecular complexity index is 714. The van der Waals surface area contributed by atoms with Crippen molar-refractivity contribution in [2.24, 2.45) is 5.10 Å². The Morgan fingerprint density at radius 3 is 2.74 bits per heavy atom. The Morgan fingerprint density at radius 1 is 1.39 bits per heavy atom. The van der Waals surface area contributed by atoms with Crippen molar-refractivity contribution < 1.29 is 9.18 Å². The van der Waals surface area contributed by atoms with Crippen LogP contribution in [0.4, 0.5) is 4.39 Å². The van der Waals surface area contributed by atoms with E-state index < -0.39 is 5.82 Å². The zero-order valence-electron chi connectivity index (χ0n) is 12.5. The van der Waals surface area contributed by atoms with Gasteiger partial charge in [-0.1, -0.05) is 29.4 Å². The number of benzene rings is 1. The molecule has 0 fully saturated rings. The third kappa shape index (κ3) is 5.30. The van der Waals surface area contributed by atoms with Gasteiger partial charge in [-0.25, -0.2) is 19.8 Å². The molecule has 1 aromatic heterocycles. The largest absolute Gasteiger partial charge is 0.272 e. The van der Waals surface area contributed by atoms with Gasteiger partial charge in [-0.15, -0.1) is 0 Å². The molecule has 1 amide bonds. The number of hydrazone groups is 1. The van der Waals surface area contributed by atoms with Crippen molar-refractivity contribution in [1.29, 1.82) is 0 Å². The first-order valence-corrected chi connectivity index (χ1v) is 8.03. The quantitative estimate of drug-likeness (QED) is 0.388. The average Bonchev–Trinajstić information content (AvgIpc) is 2.47. The van der Waals surface area contributed by atoms with Crippen LogP contribution in [0.5, 0.6) is 0 Å². The fraction of sp³-hybridized carbons (Fsp3) is 0.200. The number of thioether (sulfide) groups is 1. The standard InChI is InChI=1S/C15H14ClFN4OS/c1-9-6-10(2)20-15(19-9)23-8-14(22)21-18-7-11-12(16)4-3-5-13(11)17/h3-7H,8H2,1-2H3,(H,21,22)/b18-7-. The van der Waals surface area contributed by atoms with E-state index in [4.69, 9.17) is 11.6 Å². The summed E-state index contributed by atoms with van der Waals surface area (Å²) in [5.74, 6) is -0.749. The lowest BCUT2D eigenvalue weighted by atomic mass is 10.2. The first-order valence-electron chi connectivity index (χ1n) is 6.66. The molecule has 0 bridgehead atoms. The van der Waals surface area contributed by atoms with Gasteiger partial charge in [-0.05, 0) is 32.0 Å². The maximum absolute atomic E-state index is 13.5. The van der Waals surface area contributed by atoms with Crippen LogP contribution in [0.15, 0.2) is 34.5 Å². The van der Waals surface area contributed by atoms with Crippen molar-refractivity contribution in [2.45, 2.75) is 19.0 Å². The maximum Gasteiger partial charge on any atom is 0.250 e. The normalized spacial score (nSPS) is 11.0. The maximum atomic E-state index is 13.5. The molecule has 1 N–H and O–H groups in total. The number of nitrogens with one attached hydrogen (secondary N) is 1. The molecule has 0 spiro atoms. The van der Waals surface area contributed by atoms with Crippen LogP contribution >= 0.6 is 23.4 Å². The van der Waals surface area contributed by atoms with E-state index in [1.807, 2.05) is 19.9 Å². The first kappa shape index (κ1) is 17.4. The molecule has 0 aliphatic heterocycles. The molecule has 0 atom stereocenters. The van der Waals surface area contributed by atoms with Gasteiger partial charge in [0.1, 0.15) is 5.82 Å². The summed E-state index contributed by atoms with van der Waals surface area (Å²) in [6.07, 6.45) is 1.17. The van der Waals surface area contributed by atoms with Crippen LogP contribution in [0.2, 0.25) is 5.02 Å². The number of hydrogen-bond acceptors (Lipinski definition) is 5. The molecule has 0 saturated carbocycles. The second-order valence-electron chi connectivity index (χ2n) is 4.65. The molecular formula is C15H14ClFN4OS. The molecule has 0 radical (unpaired) electrons. The van der Waals surface area contributed by atoms with Crippen LogP contribution in [0.1, 0.15) is 17.0 Å². The number of carbonyl (C=O) groups is 1. The van der Waals surface area contributed by atoms with Gasteiger partial charge in [0.15, 0.2) is 5.16 Å². The number of carbonyl (C=O) groups excluding carboxylic acids is 1. The zero-order valence-corrected chi connectivity index (χ0v) is 14.1. The molecule has 5 nitrogen and oxygen atoms in total. The van der Waals surface area contributed by atoms with Gasteiger partial charge in [0.25, 0.3) is 5.91 Å². The molecule has 0 aliphatic rings. The van der Waals surface area contributed by atoms with Crippen molar-refractivity contribution >= 4 is 35.5 Å². The average molecular weight is 353 g/mol. The van der Waals surface area contributed by atoms with Gasteiger partial charge in [0, 0.05) is 17.0 Å². The van der Waals surface area contributed by atoms with Gasteiger partial charge in [0.2, 0.25) is 0 Å². The highest BCUT2D eigenvalue weighted by atomic mass is 35.5. The summed E-state index contributed by atoms with van der Waals surface area (Å²) in [5.41, 5.74) is 4.12. The van der Waals surface area contributed by atoms with E-state index in [-0.39, 0.29) is 22.2 Å². The van der Waals surface area contributed by atoms with E-state index in [1.165, 1.54) is 30.1 Å². The molecule has 2 aromatic rings. The Labute approximate surface area is 142 Å². The number of nitrogens with zero attached hydrogens (tertiary/aromatic N) is 3. The Kier molecular flexibility index (Phi) is 6.06. The summed E-state index contributed by atoms with van der Waals surface area (Å²) >= 11 is 7.05. The molecule has 120 valence electrons. The van der Waals surface area contributed by atoms with Crippen molar-refractivity contribution in [3.63, 3.8) is 0 Å². The van der Waals surface area contributed by atoms with Crippen LogP contribution in [0.3, 0.4) is 0 Å². The second kappa shape index (κ2) is 8.03. The summed E-state index contributed by atoms with van der Waals surface area (Å²) in [5, 5.41) is 4.46. The van der Waals surface area contributed by atoms with E-state index in [1.54, 1.807) is 6.07 Å². The van der Waals surface area contributed by atoms with E-state index in [0.29, 0.717) is 5.16 Å². The number of aromatic nitrogens is 2. The van der Waals surface area contributed by atoms with Crippen molar-refractivity contribution in [2.75, 3.05) is 5.75 Å². The summed E-state index contributed by atoms with van der Waals surface area (Å²) in [4.78, 5) is 20.2. The minimum absolute atomic E-state index is 0.102. The monoisotopic (exact) mass is 352 g/mol. The van der Waals surface area contributed by atoms with Crippen molar-refractivity contribution in [3.8, 4) is 0 Å². The molecule has 0 unspecified atom stereocenters. The van der Waals surface area contributed by atoms with Crippen molar-refractivity contribution in [1.82, 2.24) is 15.4 Å². The van der Waals surface area contributed by atoms with Gasteiger partial charge >= 0.3 is 0 Å². The van der Waals surface area contributed by atoms with Gasteiger partial charge in [0.05, 0.1) is 17.0 Å².